The Bertz CT molecular complexity index is 396. The molecule has 0 atom stereocenters. The zero-order valence-corrected chi connectivity index (χ0v) is 11.1. The van der Waals surface area contributed by atoms with Crippen LogP contribution in [0.3, 0.4) is 0 Å². The first-order chi connectivity index (χ1) is 8.78. The summed E-state index contributed by atoms with van der Waals surface area (Å²) in [6.45, 7) is 0.594. The summed E-state index contributed by atoms with van der Waals surface area (Å²) in [5.74, 6) is 6.14. The van der Waals surface area contributed by atoms with Crippen molar-refractivity contribution in [3.63, 3.8) is 0 Å². The lowest BCUT2D eigenvalue weighted by atomic mass is 10.2. The van der Waals surface area contributed by atoms with Crippen molar-refractivity contribution in [3.05, 3.63) is 34.9 Å². The molecule has 1 aliphatic carbocycles. The fraction of sp³-hybridized carbons (Fsp3) is 0.462. The highest BCUT2D eigenvalue weighted by Crippen LogP contribution is 2.17. The quantitative estimate of drug-likeness (QED) is 0.340. The van der Waals surface area contributed by atoms with Gasteiger partial charge in [-0.3, -0.25) is 5.43 Å². The standard InChI is InChI=1S/C13H19ClN4/c14-11-7-5-10(6-8-11)9-16-13(18-15)17-12-3-1-2-4-12/h5-8,12H,1-4,9,15H2,(H2,16,17,18). The Morgan fingerprint density at radius 3 is 2.56 bits per heavy atom. The van der Waals surface area contributed by atoms with Crippen LogP contribution in [0.25, 0.3) is 0 Å². The Morgan fingerprint density at radius 2 is 1.94 bits per heavy atom. The first-order valence-electron chi connectivity index (χ1n) is 6.30. The van der Waals surface area contributed by atoms with Crippen molar-refractivity contribution < 1.29 is 0 Å². The molecular weight excluding hydrogens is 248 g/mol. The molecule has 1 aliphatic rings. The molecule has 4 N–H and O–H groups in total. The second-order valence-electron chi connectivity index (χ2n) is 4.56. The van der Waals surface area contributed by atoms with Gasteiger partial charge in [-0.25, -0.2) is 10.8 Å². The van der Waals surface area contributed by atoms with Crippen molar-refractivity contribution in [2.45, 2.75) is 38.3 Å². The minimum Gasteiger partial charge on any atom is -0.353 e. The number of nitrogens with one attached hydrogen (secondary N) is 2. The number of hydrogen-bond acceptors (Lipinski definition) is 2. The van der Waals surface area contributed by atoms with Crippen molar-refractivity contribution in [2.75, 3.05) is 0 Å². The van der Waals surface area contributed by atoms with Crippen LogP contribution >= 0.6 is 11.6 Å². The molecule has 1 aromatic carbocycles. The second-order valence-corrected chi connectivity index (χ2v) is 5.00. The Hall–Kier alpha value is -1.26. The van der Waals surface area contributed by atoms with Crippen LogP contribution in [0.2, 0.25) is 5.02 Å². The van der Waals surface area contributed by atoms with Crippen molar-refractivity contribution in [3.8, 4) is 0 Å². The Morgan fingerprint density at radius 1 is 1.28 bits per heavy atom. The van der Waals surface area contributed by atoms with Gasteiger partial charge < -0.3 is 5.32 Å². The van der Waals surface area contributed by atoms with E-state index in [9.17, 15) is 0 Å². The SMILES string of the molecule is NNC(=NCc1ccc(Cl)cc1)NC1CCCC1. The highest BCUT2D eigenvalue weighted by Gasteiger charge is 2.15. The van der Waals surface area contributed by atoms with E-state index in [1.54, 1.807) is 0 Å². The molecule has 18 heavy (non-hydrogen) atoms. The van der Waals surface area contributed by atoms with E-state index in [2.05, 4.69) is 15.7 Å². The molecule has 0 aromatic heterocycles. The molecule has 1 fully saturated rings. The van der Waals surface area contributed by atoms with Gasteiger partial charge in [0, 0.05) is 11.1 Å². The number of guanidine groups is 1. The van der Waals surface area contributed by atoms with Crippen LogP contribution in [0, 0.1) is 0 Å². The lowest BCUT2D eigenvalue weighted by Gasteiger charge is -2.14. The molecule has 98 valence electrons. The largest absolute Gasteiger partial charge is 0.353 e. The molecule has 0 amide bonds. The Kier molecular flexibility index (Phi) is 4.84. The van der Waals surface area contributed by atoms with E-state index >= 15 is 0 Å². The number of hydrogen-bond donors (Lipinski definition) is 3. The second kappa shape index (κ2) is 6.61. The van der Waals surface area contributed by atoms with E-state index in [1.165, 1.54) is 25.7 Å². The summed E-state index contributed by atoms with van der Waals surface area (Å²) in [4.78, 5) is 4.43. The van der Waals surface area contributed by atoms with E-state index in [0.717, 1.165) is 10.6 Å². The molecule has 0 unspecified atom stereocenters. The summed E-state index contributed by atoms with van der Waals surface area (Å²) in [6, 6.07) is 8.18. The van der Waals surface area contributed by atoms with Gasteiger partial charge in [0.1, 0.15) is 0 Å². The van der Waals surface area contributed by atoms with Gasteiger partial charge in [-0.05, 0) is 30.5 Å². The van der Waals surface area contributed by atoms with Crippen molar-refractivity contribution in [2.24, 2.45) is 10.8 Å². The average molecular weight is 267 g/mol. The van der Waals surface area contributed by atoms with Gasteiger partial charge >= 0.3 is 0 Å². The molecular formula is C13H19ClN4. The maximum absolute atomic E-state index is 5.83. The van der Waals surface area contributed by atoms with Gasteiger partial charge in [0.2, 0.25) is 5.96 Å². The smallest absolute Gasteiger partial charge is 0.206 e. The van der Waals surface area contributed by atoms with Crippen LogP contribution in [-0.4, -0.2) is 12.0 Å². The average Bonchev–Trinajstić information content (AvgIpc) is 2.89. The monoisotopic (exact) mass is 266 g/mol. The van der Waals surface area contributed by atoms with Crippen LogP contribution in [0.4, 0.5) is 0 Å². The molecule has 0 bridgehead atoms. The summed E-state index contributed by atoms with van der Waals surface area (Å²) < 4.78 is 0. The molecule has 0 radical (unpaired) electrons. The van der Waals surface area contributed by atoms with Crippen molar-refractivity contribution >= 4 is 17.6 Å². The Balaban J connectivity index is 1.90. The van der Waals surface area contributed by atoms with E-state index in [4.69, 9.17) is 17.4 Å². The molecule has 1 saturated carbocycles. The number of nitrogens with two attached hydrogens (primary N) is 1. The molecule has 1 aromatic rings. The summed E-state index contributed by atoms with van der Waals surface area (Å²) in [5.41, 5.74) is 3.73. The van der Waals surface area contributed by atoms with Crippen molar-refractivity contribution in [1.29, 1.82) is 0 Å². The van der Waals surface area contributed by atoms with E-state index in [-0.39, 0.29) is 0 Å². The normalized spacial score (nSPS) is 16.9. The van der Waals surface area contributed by atoms with Gasteiger partial charge in [-0.2, -0.15) is 0 Å². The van der Waals surface area contributed by atoms with Crippen LogP contribution in [0.5, 0.6) is 0 Å². The van der Waals surface area contributed by atoms with Gasteiger partial charge in [0.05, 0.1) is 6.54 Å². The number of benzene rings is 1. The third-order valence-electron chi connectivity index (χ3n) is 3.17. The number of rotatable bonds is 3. The van der Waals surface area contributed by atoms with Gasteiger partial charge in [-0.15, -0.1) is 0 Å². The lowest BCUT2D eigenvalue weighted by molar-refractivity contribution is 0.614. The van der Waals surface area contributed by atoms with Gasteiger partial charge in [-0.1, -0.05) is 36.6 Å². The van der Waals surface area contributed by atoms with E-state index in [1.807, 2.05) is 24.3 Å². The fourth-order valence-corrected chi connectivity index (χ4v) is 2.28. The summed E-state index contributed by atoms with van der Waals surface area (Å²) in [7, 11) is 0. The zero-order chi connectivity index (χ0) is 12.8. The van der Waals surface area contributed by atoms with Crippen LogP contribution in [-0.2, 0) is 6.54 Å². The zero-order valence-electron chi connectivity index (χ0n) is 10.3. The summed E-state index contributed by atoms with van der Waals surface area (Å²) in [6.07, 6.45) is 4.96. The van der Waals surface area contributed by atoms with E-state index in [0.29, 0.717) is 18.5 Å². The summed E-state index contributed by atoms with van der Waals surface area (Å²) >= 11 is 5.83. The minimum atomic E-state index is 0.505. The highest BCUT2D eigenvalue weighted by atomic mass is 35.5. The number of hydrazine groups is 1. The number of halogens is 1. The topological polar surface area (TPSA) is 62.4 Å². The molecule has 0 saturated heterocycles. The third-order valence-corrected chi connectivity index (χ3v) is 3.42. The molecule has 0 heterocycles. The van der Waals surface area contributed by atoms with Crippen LogP contribution in [0.15, 0.2) is 29.3 Å². The summed E-state index contributed by atoms with van der Waals surface area (Å²) in [5, 5.41) is 4.07. The van der Waals surface area contributed by atoms with Crippen LogP contribution in [0.1, 0.15) is 31.2 Å². The number of aliphatic imine (C=N–C) groups is 1. The maximum atomic E-state index is 5.83. The Labute approximate surface area is 113 Å². The van der Waals surface area contributed by atoms with Crippen molar-refractivity contribution in [1.82, 2.24) is 10.7 Å². The van der Waals surface area contributed by atoms with Gasteiger partial charge in [0.25, 0.3) is 0 Å². The highest BCUT2D eigenvalue weighted by molar-refractivity contribution is 6.30. The predicted octanol–water partition coefficient (Wildman–Crippen LogP) is 2.19. The first kappa shape index (κ1) is 13.2. The third kappa shape index (κ3) is 3.89. The fourth-order valence-electron chi connectivity index (χ4n) is 2.16. The first-order valence-corrected chi connectivity index (χ1v) is 6.68. The molecule has 0 aliphatic heterocycles. The predicted molar refractivity (Wildman–Crippen MR) is 75.3 cm³/mol. The van der Waals surface area contributed by atoms with E-state index < -0.39 is 0 Å². The van der Waals surface area contributed by atoms with Gasteiger partial charge in [0.15, 0.2) is 0 Å². The molecule has 2 rings (SSSR count). The molecule has 0 spiro atoms. The van der Waals surface area contributed by atoms with Crippen LogP contribution < -0.4 is 16.6 Å². The maximum Gasteiger partial charge on any atom is 0.206 e. The number of nitrogens with zero attached hydrogens (tertiary/aromatic N) is 1. The molecule has 5 heteroatoms. The minimum absolute atomic E-state index is 0.505. The molecule has 4 nitrogen and oxygen atoms in total. The lowest BCUT2D eigenvalue weighted by Crippen LogP contribution is -2.45.